The first-order chi connectivity index (χ1) is 9.20. The lowest BCUT2D eigenvalue weighted by atomic mass is 10.2. The van der Waals surface area contributed by atoms with E-state index in [1.165, 1.54) is 6.07 Å². The molecule has 2 nitrogen and oxygen atoms in total. The van der Waals surface area contributed by atoms with E-state index >= 15 is 0 Å². The van der Waals surface area contributed by atoms with Crippen LogP contribution in [-0.4, -0.2) is 9.55 Å². The molecule has 5 heteroatoms. The van der Waals surface area contributed by atoms with Crippen LogP contribution < -0.4 is 0 Å². The summed E-state index contributed by atoms with van der Waals surface area (Å²) in [6.07, 6.45) is 0. The van der Waals surface area contributed by atoms with E-state index in [0.29, 0.717) is 11.3 Å². The molecule has 0 saturated carbocycles. The fraction of sp³-hybridized carbons (Fsp3) is 0.0714. The van der Waals surface area contributed by atoms with Gasteiger partial charge in [-0.3, -0.25) is 4.57 Å². The third kappa shape index (κ3) is 2.09. The molecule has 2 aromatic carbocycles. The van der Waals surface area contributed by atoms with Gasteiger partial charge in [-0.05, 0) is 18.2 Å². The molecule has 0 atom stereocenters. The summed E-state index contributed by atoms with van der Waals surface area (Å²) in [5, 5.41) is 0.0747. The Kier molecular flexibility index (Phi) is 3.17. The topological polar surface area (TPSA) is 17.8 Å². The van der Waals surface area contributed by atoms with E-state index in [1.807, 2.05) is 34.9 Å². The molecule has 0 saturated heterocycles. The van der Waals surface area contributed by atoms with E-state index in [-0.39, 0.29) is 10.9 Å². The lowest BCUT2D eigenvalue weighted by molar-refractivity contribution is 0.630. The number of benzene rings is 2. The van der Waals surface area contributed by atoms with Crippen LogP contribution in [0.25, 0.3) is 16.7 Å². The number of nitrogens with zero attached hydrogens (tertiary/aromatic N) is 2. The predicted octanol–water partition coefficient (Wildman–Crippen LogP) is 4.56. The summed E-state index contributed by atoms with van der Waals surface area (Å²) >= 11 is 11.8. The van der Waals surface area contributed by atoms with Crippen LogP contribution in [-0.2, 0) is 5.88 Å². The minimum absolute atomic E-state index is 0.0747. The lowest BCUT2D eigenvalue weighted by Crippen LogP contribution is -1.98. The Balaban J connectivity index is 2.36. The van der Waals surface area contributed by atoms with Gasteiger partial charge in [0.25, 0.3) is 0 Å². The number of hydrogen-bond donors (Lipinski definition) is 0. The summed E-state index contributed by atoms with van der Waals surface area (Å²) in [5.74, 6) is 0.417. The van der Waals surface area contributed by atoms with Gasteiger partial charge in [0.15, 0.2) is 0 Å². The number of hydrogen-bond acceptors (Lipinski definition) is 1. The van der Waals surface area contributed by atoms with Gasteiger partial charge in [-0.2, -0.15) is 0 Å². The standard InChI is InChI=1S/C14H9Cl2FN2/c15-8-14-18-12-7-11(17)10(16)6-13(12)19(14)9-4-2-1-3-5-9/h1-7H,8H2. The van der Waals surface area contributed by atoms with Crippen LogP contribution in [0, 0.1) is 5.82 Å². The quantitative estimate of drug-likeness (QED) is 0.634. The maximum atomic E-state index is 13.5. The second kappa shape index (κ2) is 4.83. The van der Waals surface area contributed by atoms with E-state index in [4.69, 9.17) is 23.2 Å². The number of alkyl halides is 1. The number of aromatic nitrogens is 2. The lowest BCUT2D eigenvalue weighted by Gasteiger charge is -2.07. The summed E-state index contributed by atoms with van der Waals surface area (Å²) < 4.78 is 15.4. The van der Waals surface area contributed by atoms with Crippen LogP contribution in [0.15, 0.2) is 42.5 Å². The average molecular weight is 295 g/mol. The minimum Gasteiger partial charge on any atom is -0.295 e. The molecule has 0 spiro atoms. The Morgan fingerprint density at radius 3 is 2.58 bits per heavy atom. The number of rotatable bonds is 2. The number of para-hydroxylation sites is 1. The molecule has 0 fully saturated rings. The van der Waals surface area contributed by atoms with Gasteiger partial charge in [0.2, 0.25) is 0 Å². The molecule has 1 heterocycles. The molecule has 0 bridgehead atoms. The highest BCUT2D eigenvalue weighted by Gasteiger charge is 2.14. The first-order valence-electron chi connectivity index (χ1n) is 5.68. The Hall–Kier alpha value is -1.58. The molecule has 0 aliphatic heterocycles. The highest BCUT2D eigenvalue weighted by Crippen LogP contribution is 2.27. The van der Waals surface area contributed by atoms with Crippen LogP contribution in [0.1, 0.15) is 5.82 Å². The molecule has 0 unspecified atom stereocenters. The van der Waals surface area contributed by atoms with Crippen LogP contribution >= 0.6 is 23.2 Å². The first kappa shape index (κ1) is 12.5. The summed E-state index contributed by atoms with van der Waals surface area (Å²) in [4.78, 5) is 4.34. The largest absolute Gasteiger partial charge is 0.295 e. The van der Waals surface area contributed by atoms with Gasteiger partial charge in [-0.25, -0.2) is 9.37 Å². The summed E-state index contributed by atoms with van der Waals surface area (Å²) in [6, 6.07) is 12.5. The third-order valence-corrected chi connectivity index (χ3v) is 3.43. The minimum atomic E-state index is -0.479. The van der Waals surface area contributed by atoms with Crippen LogP contribution in [0.4, 0.5) is 4.39 Å². The monoisotopic (exact) mass is 294 g/mol. The smallest absolute Gasteiger partial charge is 0.144 e. The third-order valence-electron chi connectivity index (χ3n) is 2.90. The SMILES string of the molecule is Fc1cc2nc(CCl)n(-c3ccccc3)c2cc1Cl. The number of imidazole rings is 1. The second-order valence-electron chi connectivity index (χ2n) is 4.09. The highest BCUT2D eigenvalue weighted by molar-refractivity contribution is 6.31. The van der Waals surface area contributed by atoms with Crippen molar-refractivity contribution in [3.8, 4) is 5.69 Å². The van der Waals surface area contributed by atoms with E-state index < -0.39 is 5.82 Å². The normalized spacial score (nSPS) is 11.1. The van der Waals surface area contributed by atoms with Gasteiger partial charge in [-0.1, -0.05) is 29.8 Å². The van der Waals surface area contributed by atoms with Crippen LogP contribution in [0.2, 0.25) is 5.02 Å². The van der Waals surface area contributed by atoms with Crippen molar-refractivity contribution < 1.29 is 4.39 Å². The van der Waals surface area contributed by atoms with Gasteiger partial charge in [0.1, 0.15) is 11.6 Å². The van der Waals surface area contributed by atoms with Crippen molar-refractivity contribution in [1.82, 2.24) is 9.55 Å². The Morgan fingerprint density at radius 2 is 1.89 bits per heavy atom. The van der Waals surface area contributed by atoms with E-state index in [1.54, 1.807) is 6.07 Å². The van der Waals surface area contributed by atoms with E-state index in [2.05, 4.69) is 4.98 Å². The Bertz CT molecular complexity index is 738. The van der Waals surface area contributed by atoms with Crippen molar-refractivity contribution in [2.45, 2.75) is 5.88 Å². The van der Waals surface area contributed by atoms with Crippen LogP contribution in [0.3, 0.4) is 0 Å². The molecule has 0 N–H and O–H groups in total. The zero-order chi connectivity index (χ0) is 13.4. The molecular weight excluding hydrogens is 286 g/mol. The van der Waals surface area contributed by atoms with Crippen molar-refractivity contribution in [3.63, 3.8) is 0 Å². The maximum absolute atomic E-state index is 13.5. The van der Waals surface area contributed by atoms with Gasteiger partial charge in [0.05, 0.1) is 21.9 Å². The van der Waals surface area contributed by atoms with Gasteiger partial charge < -0.3 is 0 Å². The predicted molar refractivity (Wildman–Crippen MR) is 75.6 cm³/mol. The molecule has 3 rings (SSSR count). The van der Waals surface area contributed by atoms with E-state index in [0.717, 1.165) is 11.2 Å². The van der Waals surface area contributed by atoms with Crippen LogP contribution in [0.5, 0.6) is 0 Å². The second-order valence-corrected chi connectivity index (χ2v) is 4.76. The van der Waals surface area contributed by atoms with Crippen molar-refractivity contribution in [1.29, 1.82) is 0 Å². The molecule has 3 aromatic rings. The van der Waals surface area contributed by atoms with Crippen molar-refractivity contribution >= 4 is 34.2 Å². The number of halogens is 3. The molecule has 0 amide bonds. The molecule has 0 aliphatic carbocycles. The molecule has 0 radical (unpaired) electrons. The average Bonchev–Trinajstić information content (AvgIpc) is 2.78. The van der Waals surface area contributed by atoms with E-state index in [9.17, 15) is 4.39 Å². The first-order valence-corrected chi connectivity index (χ1v) is 6.59. The zero-order valence-corrected chi connectivity index (χ0v) is 11.3. The van der Waals surface area contributed by atoms with Crippen molar-refractivity contribution in [2.75, 3.05) is 0 Å². The van der Waals surface area contributed by atoms with Crippen molar-refractivity contribution in [3.05, 3.63) is 59.1 Å². The summed E-state index contributed by atoms with van der Waals surface area (Å²) in [5.41, 5.74) is 2.21. The molecule has 96 valence electrons. The van der Waals surface area contributed by atoms with Gasteiger partial charge in [0, 0.05) is 11.8 Å². The molecule has 19 heavy (non-hydrogen) atoms. The van der Waals surface area contributed by atoms with Gasteiger partial charge in [-0.15, -0.1) is 11.6 Å². The van der Waals surface area contributed by atoms with Crippen molar-refractivity contribution in [2.24, 2.45) is 0 Å². The fourth-order valence-electron chi connectivity index (χ4n) is 2.08. The number of fused-ring (bicyclic) bond motifs is 1. The highest BCUT2D eigenvalue weighted by atomic mass is 35.5. The molecule has 1 aromatic heterocycles. The molecular formula is C14H9Cl2FN2. The molecule has 0 aliphatic rings. The Labute approximate surface area is 119 Å². The maximum Gasteiger partial charge on any atom is 0.144 e. The summed E-state index contributed by atoms with van der Waals surface area (Å²) in [6.45, 7) is 0. The zero-order valence-electron chi connectivity index (χ0n) is 9.78. The summed E-state index contributed by atoms with van der Waals surface area (Å²) in [7, 11) is 0. The van der Waals surface area contributed by atoms with Gasteiger partial charge >= 0.3 is 0 Å². The fourth-order valence-corrected chi connectivity index (χ4v) is 2.41. The Morgan fingerprint density at radius 1 is 1.16 bits per heavy atom.